The molecule has 0 spiro atoms. The SMILES string of the molecule is CN=C(NCc1cc(F)ccc1F)NCc1cccnc1OC.I. The van der Waals surface area contributed by atoms with Crippen LogP contribution in [-0.4, -0.2) is 25.1 Å². The molecule has 0 aliphatic rings. The topological polar surface area (TPSA) is 58.5 Å². The van der Waals surface area contributed by atoms with Crippen LogP contribution < -0.4 is 15.4 Å². The van der Waals surface area contributed by atoms with Gasteiger partial charge in [-0.15, -0.1) is 24.0 Å². The van der Waals surface area contributed by atoms with Gasteiger partial charge < -0.3 is 15.4 Å². The van der Waals surface area contributed by atoms with Gasteiger partial charge in [0.25, 0.3) is 0 Å². The minimum absolute atomic E-state index is 0. The molecule has 0 aliphatic carbocycles. The van der Waals surface area contributed by atoms with E-state index in [0.717, 1.165) is 23.8 Å². The zero-order valence-electron chi connectivity index (χ0n) is 13.3. The third-order valence-electron chi connectivity index (χ3n) is 3.17. The van der Waals surface area contributed by atoms with Gasteiger partial charge in [-0.1, -0.05) is 6.07 Å². The van der Waals surface area contributed by atoms with Crippen LogP contribution in [0.2, 0.25) is 0 Å². The molecular weight excluding hydrogens is 429 g/mol. The predicted octanol–water partition coefficient (Wildman–Crippen LogP) is 2.85. The number of halogens is 3. The molecule has 0 radical (unpaired) electrons. The van der Waals surface area contributed by atoms with Gasteiger partial charge in [-0.25, -0.2) is 13.8 Å². The van der Waals surface area contributed by atoms with Crippen LogP contribution in [0.25, 0.3) is 0 Å². The van der Waals surface area contributed by atoms with Gasteiger partial charge in [-0.05, 0) is 24.3 Å². The van der Waals surface area contributed by atoms with E-state index in [9.17, 15) is 8.78 Å². The molecule has 2 aromatic rings. The minimum atomic E-state index is -0.480. The summed E-state index contributed by atoms with van der Waals surface area (Å²) in [6, 6.07) is 7.01. The number of aromatic nitrogens is 1. The van der Waals surface area contributed by atoms with Gasteiger partial charge in [0.15, 0.2) is 5.96 Å². The molecule has 24 heavy (non-hydrogen) atoms. The summed E-state index contributed by atoms with van der Waals surface area (Å²) in [5.41, 5.74) is 1.08. The molecule has 2 rings (SSSR count). The van der Waals surface area contributed by atoms with Gasteiger partial charge in [0.1, 0.15) is 11.6 Å². The zero-order chi connectivity index (χ0) is 16.7. The Bertz CT molecular complexity index is 698. The van der Waals surface area contributed by atoms with Crippen LogP contribution in [-0.2, 0) is 13.1 Å². The normalized spacial score (nSPS) is 10.8. The minimum Gasteiger partial charge on any atom is -0.481 e. The maximum atomic E-state index is 13.6. The van der Waals surface area contributed by atoms with E-state index in [1.807, 2.05) is 6.07 Å². The lowest BCUT2D eigenvalue weighted by Gasteiger charge is -2.13. The summed E-state index contributed by atoms with van der Waals surface area (Å²) in [6.45, 7) is 0.551. The Hall–Kier alpha value is -1.97. The molecule has 0 aliphatic heterocycles. The second kappa shape index (κ2) is 10.0. The van der Waals surface area contributed by atoms with Crippen LogP contribution in [0.5, 0.6) is 5.88 Å². The van der Waals surface area contributed by atoms with Crippen molar-refractivity contribution in [3.8, 4) is 5.88 Å². The first-order valence-corrected chi connectivity index (χ1v) is 7.00. The fourth-order valence-corrected chi connectivity index (χ4v) is 2.00. The van der Waals surface area contributed by atoms with Crippen molar-refractivity contribution in [1.82, 2.24) is 15.6 Å². The first-order valence-electron chi connectivity index (χ1n) is 7.00. The number of aliphatic imine (C=N–C) groups is 1. The quantitative estimate of drug-likeness (QED) is 0.420. The number of benzene rings is 1. The molecule has 0 bridgehead atoms. The van der Waals surface area contributed by atoms with Crippen molar-refractivity contribution < 1.29 is 13.5 Å². The highest BCUT2D eigenvalue weighted by atomic mass is 127. The number of guanidine groups is 1. The number of rotatable bonds is 5. The summed E-state index contributed by atoms with van der Waals surface area (Å²) < 4.78 is 31.9. The Labute approximate surface area is 156 Å². The van der Waals surface area contributed by atoms with Crippen LogP contribution in [0.1, 0.15) is 11.1 Å². The molecule has 0 atom stereocenters. The maximum absolute atomic E-state index is 13.6. The van der Waals surface area contributed by atoms with Crippen molar-refractivity contribution in [3.05, 3.63) is 59.3 Å². The van der Waals surface area contributed by atoms with Crippen LogP contribution in [0.4, 0.5) is 8.78 Å². The van der Waals surface area contributed by atoms with Gasteiger partial charge >= 0.3 is 0 Å². The van der Waals surface area contributed by atoms with Gasteiger partial charge in [-0.3, -0.25) is 4.99 Å². The fraction of sp³-hybridized carbons (Fsp3) is 0.250. The second-order valence-corrected chi connectivity index (χ2v) is 4.69. The average molecular weight is 448 g/mol. The molecule has 5 nitrogen and oxygen atoms in total. The molecule has 0 unspecified atom stereocenters. The van der Waals surface area contributed by atoms with E-state index in [1.165, 1.54) is 0 Å². The zero-order valence-corrected chi connectivity index (χ0v) is 15.7. The van der Waals surface area contributed by atoms with Gasteiger partial charge in [0.2, 0.25) is 5.88 Å². The van der Waals surface area contributed by atoms with E-state index < -0.39 is 11.6 Å². The Kier molecular flexibility index (Phi) is 8.37. The lowest BCUT2D eigenvalue weighted by Crippen LogP contribution is -2.36. The van der Waals surface area contributed by atoms with Crippen molar-refractivity contribution in [1.29, 1.82) is 0 Å². The van der Waals surface area contributed by atoms with Crippen LogP contribution in [0.3, 0.4) is 0 Å². The van der Waals surface area contributed by atoms with Crippen LogP contribution in [0, 0.1) is 11.6 Å². The molecule has 0 amide bonds. The van der Waals surface area contributed by atoms with Gasteiger partial charge in [0, 0.05) is 37.5 Å². The number of ether oxygens (including phenoxy) is 1. The Morgan fingerprint density at radius 3 is 2.54 bits per heavy atom. The number of nitrogens with one attached hydrogen (secondary N) is 2. The number of hydrogen-bond acceptors (Lipinski definition) is 3. The van der Waals surface area contributed by atoms with E-state index in [4.69, 9.17) is 4.74 Å². The molecule has 1 aromatic heterocycles. The predicted molar refractivity (Wildman–Crippen MR) is 99.6 cm³/mol. The summed E-state index contributed by atoms with van der Waals surface area (Å²) in [5.74, 6) is 0.0284. The van der Waals surface area contributed by atoms with E-state index in [0.29, 0.717) is 18.4 Å². The Morgan fingerprint density at radius 2 is 1.88 bits per heavy atom. The third kappa shape index (κ3) is 5.59. The van der Waals surface area contributed by atoms with Gasteiger partial charge in [-0.2, -0.15) is 0 Å². The van der Waals surface area contributed by atoms with Crippen molar-refractivity contribution in [2.45, 2.75) is 13.1 Å². The van der Waals surface area contributed by atoms with Crippen molar-refractivity contribution in [3.63, 3.8) is 0 Å². The molecule has 2 N–H and O–H groups in total. The molecule has 0 saturated carbocycles. The summed E-state index contributed by atoms with van der Waals surface area (Å²) in [5, 5.41) is 6.00. The van der Waals surface area contributed by atoms with Crippen molar-refractivity contribution in [2.75, 3.05) is 14.2 Å². The van der Waals surface area contributed by atoms with E-state index >= 15 is 0 Å². The van der Waals surface area contributed by atoms with Crippen molar-refractivity contribution in [2.24, 2.45) is 4.99 Å². The number of methoxy groups -OCH3 is 1. The van der Waals surface area contributed by atoms with Gasteiger partial charge in [0.05, 0.1) is 7.11 Å². The summed E-state index contributed by atoms with van der Waals surface area (Å²) >= 11 is 0. The highest BCUT2D eigenvalue weighted by Crippen LogP contribution is 2.13. The Balaban J connectivity index is 0.00000288. The van der Waals surface area contributed by atoms with E-state index in [1.54, 1.807) is 26.4 Å². The number of hydrogen-bond donors (Lipinski definition) is 2. The molecule has 1 heterocycles. The lowest BCUT2D eigenvalue weighted by molar-refractivity contribution is 0.392. The maximum Gasteiger partial charge on any atom is 0.218 e. The fourth-order valence-electron chi connectivity index (χ4n) is 2.00. The second-order valence-electron chi connectivity index (χ2n) is 4.69. The third-order valence-corrected chi connectivity index (χ3v) is 3.17. The number of nitrogens with zero attached hydrogens (tertiary/aromatic N) is 2. The van der Waals surface area contributed by atoms with Crippen LogP contribution >= 0.6 is 24.0 Å². The summed E-state index contributed by atoms with van der Waals surface area (Å²) in [4.78, 5) is 8.14. The standard InChI is InChI=1S/C16H18F2N4O.HI/c1-19-16(21-9-11-4-3-7-20-15(11)23-2)22-10-12-8-13(17)5-6-14(12)18;/h3-8H,9-10H2,1-2H3,(H2,19,21,22);1H. The molecule has 130 valence electrons. The molecule has 0 fully saturated rings. The molecule has 1 aromatic carbocycles. The highest BCUT2D eigenvalue weighted by Gasteiger charge is 2.07. The summed E-state index contributed by atoms with van der Waals surface area (Å²) in [7, 11) is 3.14. The monoisotopic (exact) mass is 448 g/mol. The van der Waals surface area contributed by atoms with E-state index in [2.05, 4.69) is 20.6 Å². The highest BCUT2D eigenvalue weighted by molar-refractivity contribution is 14.0. The Morgan fingerprint density at radius 1 is 1.17 bits per heavy atom. The first kappa shape index (κ1) is 20.1. The molecular formula is C16H19F2IN4O. The smallest absolute Gasteiger partial charge is 0.218 e. The molecule has 8 heteroatoms. The summed E-state index contributed by atoms with van der Waals surface area (Å²) in [6.07, 6.45) is 1.64. The van der Waals surface area contributed by atoms with Crippen LogP contribution in [0.15, 0.2) is 41.5 Å². The van der Waals surface area contributed by atoms with Crippen molar-refractivity contribution >= 4 is 29.9 Å². The number of pyridine rings is 1. The lowest BCUT2D eigenvalue weighted by atomic mass is 10.2. The average Bonchev–Trinajstić information content (AvgIpc) is 2.58. The molecule has 0 saturated heterocycles. The first-order chi connectivity index (χ1) is 11.1. The largest absolute Gasteiger partial charge is 0.481 e. The van der Waals surface area contributed by atoms with E-state index in [-0.39, 0.29) is 36.1 Å².